The summed E-state index contributed by atoms with van der Waals surface area (Å²) in [5, 5.41) is 0. The first-order chi connectivity index (χ1) is 7.38. The molecule has 0 saturated carbocycles. The predicted octanol–water partition coefficient (Wildman–Crippen LogP) is 2.68. The second-order valence-electron chi connectivity index (χ2n) is 4.19. The largest absolute Gasteiger partial charge is 0.497 e. The second kappa shape index (κ2) is 5.17. The molecule has 1 aliphatic heterocycles. The number of benzene rings is 1. The summed E-state index contributed by atoms with van der Waals surface area (Å²) < 4.78 is 5.23. The molecule has 1 aromatic rings. The van der Waals surface area contributed by atoms with Crippen LogP contribution >= 0.6 is 0 Å². The lowest BCUT2D eigenvalue weighted by Gasteiger charge is -2.26. The van der Waals surface area contributed by atoms with Crippen molar-refractivity contribution in [2.24, 2.45) is 0 Å². The summed E-state index contributed by atoms with van der Waals surface area (Å²) in [5.74, 6) is 0.963. The number of ether oxygens (including phenoxy) is 1. The minimum absolute atomic E-state index is 0.963. The Morgan fingerprint density at radius 2 is 2.00 bits per heavy atom. The van der Waals surface area contributed by atoms with Gasteiger partial charge in [0.2, 0.25) is 0 Å². The van der Waals surface area contributed by atoms with E-state index < -0.39 is 0 Å². The zero-order valence-electron chi connectivity index (χ0n) is 9.41. The molecule has 1 aromatic carbocycles. The molecule has 2 heteroatoms. The van der Waals surface area contributed by atoms with E-state index in [0.29, 0.717) is 0 Å². The smallest absolute Gasteiger partial charge is 0.119 e. The molecule has 0 aliphatic carbocycles. The predicted molar refractivity (Wildman–Crippen MR) is 62.1 cm³/mol. The Labute approximate surface area is 91.9 Å². The fourth-order valence-electron chi connectivity index (χ4n) is 2.15. The first-order valence-electron chi connectivity index (χ1n) is 5.74. The molecule has 1 saturated heterocycles. The van der Waals surface area contributed by atoms with Crippen molar-refractivity contribution < 1.29 is 4.74 Å². The van der Waals surface area contributed by atoms with Gasteiger partial charge in [-0.1, -0.05) is 18.6 Å². The van der Waals surface area contributed by atoms with Crippen molar-refractivity contribution in [3.05, 3.63) is 29.8 Å². The molecular formula is C13H19NO. The minimum atomic E-state index is 0.963. The highest BCUT2D eigenvalue weighted by Crippen LogP contribution is 2.16. The van der Waals surface area contributed by atoms with Gasteiger partial charge in [-0.25, -0.2) is 0 Å². The normalized spacial score (nSPS) is 17.7. The Hall–Kier alpha value is -1.02. The van der Waals surface area contributed by atoms with Crippen LogP contribution in [0.15, 0.2) is 24.3 Å². The third-order valence-corrected chi connectivity index (χ3v) is 2.99. The van der Waals surface area contributed by atoms with E-state index in [9.17, 15) is 0 Å². The van der Waals surface area contributed by atoms with E-state index in [1.165, 1.54) is 37.9 Å². The van der Waals surface area contributed by atoms with Gasteiger partial charge in [-0.05, 0) is 43.6 Å². The fraction of sp³-hybridized carbons (Fsp3) is 0.538. The van der Waals surface area contributed by atoms with Crippen molar-refractivity contribution in [3.8, 4) is 5.75 Å². The molecule has 0 amide bonds. The van der Waals surface area contributed by atoms with Gasteiger partial charge in [-0.3, -0.25) is 4.90 Å². The van der Waals surface area contributed by atoms with Crippen molar-refractivity contribution in [3.63, 3.8) is 0 Å². The van der Waals surface area contributed by atoms with Crippen LogP contribution in [0.25, 0.3) is 0 Å². The van der Waals surface area contributed by atoms with Crippen LogP contribution in [0.4, 0.5) is 0 Å². The zero-order valence-corrected chi connectivity index (χ0v) is 9.41. The summed E-state index contributed by atoms with van der Waals surface area (Å²) in [6.07, 6.45) is 4.10. The molecule has 15 heavy (non-hydrogen) atoms. The van der Waals surface area contributed by atoms with Gasteiger partial charge in [0.25, 0.3) is 0 Å². The van der Waals surface area contributed by atoms with E-state index in [-0.39, 0.29) is 0 Å². The van der Waals surface area contributed by atoms with Gasteiger partial charge in [-0.15, -0.1) is 0 Å². The summed E-state index contributed by atoms with van der Waals surface area (Å²) in [7, 11) is 1.72. The maximum absolute atomic E-state index is 5.23. The number of hydrogen-bond acceptors (Lipinski definition) is 2. The highest BCUT2D eigenvalue weighted by atomic mass is 16.5. The average molecular weight is 205 g/mol. The topological polar surface area (TPSA) is 12.5 Å². The molecule has 82 valence electrons. The van der Waals surface area contributed by atoms with Crippen LogP contribution in [-0.2, 0) is 6.54 Å². The van der Waals surface area contributed by atoms with Crippen LogP contribution in [0.3, 0.4) is 0 Å². The molecule has 0 spiro atoms. The molecule has 1 fully saturated rings. The molecule has 1 heterocycles. The lowest BCUT2D eigenvalue weighted by atomic mass is 10.1. The van der Waals surface area contributed by atoms with Crippen LogP contribution in [0.5, 0.6) is 5.75 Å². The fourth-order valence-corrected chi connectivity index (χ4v) is 2.15. The maximum Gasteiger partial charge on any atom is 0.119 e. The molecule has 0 radical (unpaired) electrons. The van der Waals surface area contributed by atoms with Gasteiger partial charge in [0.1, 0.15) is 5.75 Å². The first kappa shape index (κ1) is 10.5. The SMILES string of the molecule is COc1cccc(CN2CCCCC2)c1. The Balaban J connectivity index is 1.96. The summed E-state index contributed by atoms with van der Waals surface area (Å²) in [6.45, 7) is 3.56. The van der Waals surface area contributed by atoms with Gasteiger partial charge in [0, 0.05) is 6.54 Å². The van der Waals surface area contributed by atoms with Crippen LogP contribution in [0, 0.1) is 0 Å². The lowest BCUT2D eigenvalue weighted by Crippen LogP contribution is -2.29. The van der Waals surface area contributed by atoms with Gasteiger partial charge in [0.05, 0.1) is 7.11 Å². The van der Waals surface area contributed by atoms with Crippen LogP contribution < -0.4 is 4.74 Å². The van der Waals surface area contributed by atoms with E-state index in [0.717, 1.165) is 12.3 Å². The standard InChI is InChI=1S/C13H19NO/c1-15-13-7-5-6-12(10-13)11-14-8-3-2-4-9-14/h5-7,10H,2-4,8-9,11H2,1H3. The first-order valence-corrected chi connectivity index (χ1v) is 5.74. The lowest BCUT2D eigenvalue weighted by molar-refractivity contribution is 0.220. The molecule has 0 N–H and O–H groups in total. The quantitative estimate of drug-likeness (QED) is 0.752. The number of likely N-dealkylation sites (tertiary alicyclic amines) is 1. The molecule has 0 aromatic heterocycles. The second-order valence-corrected chi connectivity index (χ2v) is 4.19. The molecule has 0 unspecified atom stereocenters. The van der Waals surface area contributed by atoms with Gasteiger partial charge in [0.15, 0.2) is 0 Å². The van der Waals surface area contributed by atoms with Crippen molar-refractivity contribution in [1.29, 1.82) is 0 Å². The molecular weight excluding hydrogens is 186 g/mol. The Bertz CT molecular complexity index is 305. The minimum Gasteiger partial charge on any atom is -0.497 e. The Morgan fingerprint density at radius 3 is 2.73 bits per heavy atom. The van der Waals surface area contributed by atoms with Crippen molar-refractivity contribution in [2.75, 3.05) is 20.2 Å². The Morgan fingerprint density at radius 1 is 1.20 bits per heavy atom. The summed E-state index contributed by atoms with van der Waals surface area (Å²) >= 11 is 0. The summed E-state index contributed by atoms with van der Waals surface area (Å²) in [6, 6.07) is 8.38. The highest BCUT2D eigenvalue weighted by molar-refractivity contribution is 5.28. The third-order valence-electron chi connectivity index (χ3n) is 2.99. The number of hydrogen-bond donors (Lipinski definition) is 0. The molecule has 1 aliphatic rings. The van der Waals surface area contributed by atoms with Gasteiger partial charge >= 0.3 is 0 Å². The number of rotatable bonds is 3. The molecule has 0 atom stereocenters. The highest BCUT2D eigenvalue weighted by Gasteiger charge is 2.10. The summed E-state index contributed by atoms with van der Waals surface area (Å²) in [4.78, 5) is 2.53. The van der Waals surface area contributed by atoms with Crippen LogP contribution in [0.2, 0.25) is 0 Å². The molecule has 2 nitrogen and oxygen atoms in total. The van der Waals surface area contributed by atoms with Crippen molar-refractivity contribution in [2.45, 2.75) is 25.8 Å². The Kier molecular flexibility index (Phi) is 3.62. The van der Waals surface area contributed by atoms with Gasteiger partial charge < -0.3 is 4.74 Å². The van der Waals surface area contributed by atoms with Crippen LogP contribution in [-0.4, -0.2) is 25.1 Å². The van der Waals surface area contributed by atoms with Crippen LogP contribution in [0.1, 0.15) is 24.8 Å². The number of nitrogens with zero attached hydrogens (tertiary/aromatic N) is 1. The van der Waals surface area contributed by atoms with Crippen molar-refractivity contribution in [1.82, 2.24) is 4.90 Å². The number of methoxy groups -OCH3 is 1. The van der Waals surface area contributed by atoms with Crippen molar-refractivity contribution >= 4 is 0 Å². The zero-order chi connectivity index (χ0) is 10.5. The monoisotopic (exact) mass is 205 g/mol. The van der Waals surface area contributed by atoms with E-state index in [1.54, 1.807) is 7.11 Å². The maximum atomic E-state index is 5.23. The third kappa shape index (κ3) is 2.96. The van der Waals surface area contributed by atoms with E-state index in [4.69, 9.17) is 4.74 Å². The summed E-state index contributed by atoms with van der Waals surface area (Å²) in [5.41, 5.74) is 1.36. The number of piperidine rings is 1. The molecule has 0 bridgehead atoms. The molecule has 2 rings (SSSR count). The van der Waals surface area contributed by atoms with E-state index in [2.05, 4.69) is 23.1 Å². The van der Waals surface area contributed by atoms with Gasteiger partial charge in [-0.2, -0.15) is 0 Å². The van der Waals surface area contributed by atoms with E-state index >= 15 is 0 Å². The van der Waals surface area contributed by atoms with E-state index in [1.807, 2.05) is 6.07 Å². The average Bonchev–Trinajstić information content (AvgIpc) is 2.31.